The van der Waals surface area contributed by atoms with Crippen molar-refractivity contribution in [3.05, 3.63) is 34.9 Å². The van der Waals surface area contributed by atoms with Crippen LogP contribution in [0.1, 0.15) is 36.7 Å². The van der Waals surface area contributed by atoms with Crippen molar-refractivity contribution in [2.24, 2.45) is 0 Å². The van der Waals surface area contributed by atoms with Gasteiger partial charge in [-0.1, -0.05) is 23.8 Å². The molecule has 4 heteroatoms. The molecule has 0 spiro atoms. The largest absolute Gasteiger partial charge is 0.377 e. The number of hydrogen-bond donors (Lipinski definition) is 1. The van der Waals surface area contributed by atoms with E-state index in [1.54, 1.807) is 7.11 Å². The molecule has 1 amide bonds. The van der Waals surface area contributed by atoms with Crippen molar-refractivity contribution in [2.45, 2.75) is 39.5 Å². The molecular weight excluding hydrogens is 252 g/mol. The van der Waals surface area contributed by atoms with Crippen molar-refractivity contribution in [1.29, 1.82) is 0 Å². The van der Waals surface area contributed by atoms with Gasteiger partial charge in [0.1, 0.15) is 6.17 Å². The predicted molar refractivity (Wildman–Crippen MR) is 79.5 cm³/mol. The Kier molecular flexibility index (Phi) is 4.16. The second kappa shape index (κ2) is 5.54. The van der Waals surface area contributed by atoms with Crippen LogP contribution in [0.25, 0.3) is 0 Å². The van der Waals surface area contributed by atoms with Gasteiger partial charge in [0.15, 0.2) is 0 Å². The second-order valence-electron chi connectivity index (χ2n) is 6.13. The topological polar surface area (TPSA) is 41.6 Å². The van der Waals surface area contributed by atoms with Crippen molar-refractivity contribution < 1.29 is 9.53 Å². The van der Waals surface area contributed by atoms with Crippen LogP contribution in [0.15, 0.2) is 18.2 Å². The maximum absolute atomic E-state index is 12.1. The molecule has 1 aromatic rings. The smallest absolute Gasteiger partial charge is 0.238 e. The van der Waals surface area contributed by atoms with Gasteiger partial charge in [-0.25, -0.2) is 0 Å². The summed E-state index contributed by atoms with van der Waals surface area (Å²) in [5, 5.41) is 3.30. The minimum absolute atomic E-state index is 0.0578. The predicted octanol–water partition coefficient (Wildman–Crippen LogP) is 2.16. The lowest BCUT2D eigenvalue weighted by molar-refractivity contribution is -0.131. The van der Waals surface area contributed by atoms with Crippen molar-refractivity contribution in [1.82, 2.24) is 10.2 Å². The van der Waals surface area contributed by atoms with E-state index in [2.05, 4.69) is 37.4 Å². The number of ether oxygens (including phenoxy) is 1. The van der Waals surface area contributed by atoms with Gasteiger partial charge >= 0.3 is 0 Å². The molecule has 1 N–H and O–H groups in total. The Hall–Kier alpha value is -1.39. The van der Waals surface area contributed by atoms with Crippen LogP contribution >= 0.6 is 0 Å². The molecule has 1 atom stereocenters. The molecule has 110 valence electrons. The molecule has 20 heavy (non-hydrogen) atoms. The minimum atomic E-state index is -0.349. The van der Waals surface area contributed by atoms with Crippen LogP contribution in [-0.2, 0) is 9.53 Å². The Morgan fingerprint density at radius 3 is 2.70 bits per heavy atom. The quantitative estimate of drug-likeness (QED) is 0.916. The Morgan fingerprint density at radius 1 is 1.40 bits per heavy atom. The van der Waals surface area contributed by atoms with E-state index in [1.165, 1.54) is 11.1 Å². The summed E-state index contributed by atoms with van der Waals surface area (Å²) in [4.78, 5) is 14.0. The Bertz CT molecular complexity index is 511. The third kappa shape index (κ3) is 3.02. The molecule has 2 rings (SSSR count). The number of nitrogens with one attached hydrogen (secondary N) is 1. The molecular formula is C16H24N2O2. The summed E-state index contributed by atoms with van der Waals surface area (Å²) in [6.07, 6.45) is -0.0578. The fourth-order valence-corrected chi connectivity index (χ4v) is 2.60. The van der Waals surface area contributed by atoms with Crippen LogP contribution in [0, 0.1) is 13.8 Å². The van der Waals surface area contributed by atoms with Gasteiger partial charge in [0.05, 0.1) is 18.7 Å². The zero-order valence-corrected chi connectivity index (χ0v) is 13.0. The summed E-state index contributed by atoms with van der Waals surface area (Å²) in [5.74, 6) is 0.125. The van der Waals surface area contributed by atoms with E-state index in [-0.39, 0.29) is 17.7 Å². The number of nitrogens with zero attached hydrogens (tertiary/aromatic N) is 1. The number of methoxy groups -OCH3 is 1. The van der Waals surface area contributed by atoms with Gasteiger partial charge in [0, 0.05) is 7.11 Å². The van der Waals surface area contributed by atoms with Crippen molar-refractivity contribution in [2.75, 3.05) is 20.2 Å². The Morgan fingerprint density at radius 2 is 2.10 bits per heavy atom. The van der Waals surface area contributed by atoms with Gasteiger partial charge in [-0.2, -0.15) is 0 Å². The normalized spacial score (nSPS) is 19.8. The molecule has 1 aliphatic heterocycles. The van der Waals surface area contributed by atoms with Crippen LogP contribution in [0.4, 0.5) is 0 Å². The molecule has 0 saturated carbocycles. The second-order valence-corrected chi connectivity index (χ2v) is 6.13. The molecule has 0 radical (unpaired) electrons. The first kappa shape index (κ1) is 15.0. The van der Waals surface area contributed by atoms with E-state index >= 15 is 0 Å². The highest BCUT2D eigenvalue weighted by atomic mass is 16.5. The fourth-order valence-electron chi connectivity index (χ4n) is 2.60. The number of carbonyl (C=O) groups is 1. The van der Waals surface area contributed by atoms with Gasteiger partial charge in [-0.05, 0) is 38.8 Å². The summed E-state index contributed by atoms with van der Waals surface area (Å²) < 4.78 is 5.46. The number of aryl methyl sites for hydroxylation is 2. The average molecular weight is 276 g/mol. The molecule has 0 bridgehead atoms. The van der Waals surface area contributed by atoms with E-state index in [1.807, 2.05) is 18.7 Å². The van der Waals surface area contributed by atoms with E-state index < -0.39 is 0 Å². The molecule has 1 aliphatic rings. The number of rotatable bonds is 4. The number of benzene rings is 1. The molecule has 1 unspecified atom stereocenters. The molecule has 0 aliphatic carbocycles. The van der Waals surface area contributed by atoms with E-state index in [9.17, 15) is 4.79 Å². The molecule has 1 heterocycles. The van der Waals surface area contributed by atoms with Gasteiger partial charge < -0.3 is 9.64 Å². The van der Waals surface area contributed by atoms with Crippen LogP contribution in [0.2, 0.25) is 0 Å². The Balaban J connectivity index is 2.28. The minimum Gasteiger partial charge on any atom is -0.377 e. The monoisotopic (exact) mass is 276 g/mol. The number of carbonyl (C=O) groups excluding carboxylic acids is 1. The van der Waals surface area contributed by atoms with Gasteiger partial charge in [0.25, 0.3) is 0 Å². The summed E-state index contributed by atoms with van der Waals surface area (Å²) in [6, 6.07) is 6.35. The van der Waals surface area contributed by atoms with Gasteiger partial charge in [-0.3, -0.25) is 10.1 Å². The third-order valence-corrected chi connectivity index (χ3v) is 3.90. The van der Waals surface area contributed by atoms with E-state index in [4.69, 9.17) is 4.74 Å². The molecule has 1 saturated heterocycles. The molecule has 1 aromatic carbocycles. The number of amides is 1. The first-order chi connectivity index (χ1) is 9.34. The third-order valence-electron chi connectivity index (χ3n) is 3.90. The van der Waals surface area contributed by atoms with Gasteiger partial charge in [-0.15, -0.1) is 0 Å². The van der Waals surface area contributed by atoms with Crippen LogP contribution < -0.4 is 5.32 Å². The standard InChI is InChI=1S/C16H24N2O2/c1-11-6-7-13(12(2)8-11)15-17-9-14(19)18(15)10-16(3,4)20-5/h6-8,15,17H,9-10H2,1-5H3. The highest BCUT2D eigenvalue weighted by molar-refractivity contribution is 5.81. The summed E-state index contributed by atoms with van der Waals surface area (Å²) in [7, 11) is 1.68. The lowest BCUT2D eigenvalue weighted by atomic mass is 10.0. The van der Waals surface area contributed by atoms with Crippen molar-refractivity contribution in [3.63, 3.8) is 0 Å². The highest BCUT2D eigenvalue weighted by Crippen LogP contribution is 2.28. The summed E-state index contributed by atoms with van der Waals surface area (Å²) >= 11 is 0. The lowest BCUT2D eigenvalue weighted by Gasteiger charge is -2.33. The number of hydrogen-bond acceptors (Lipinski definition) is 3. The first-order valence-corrected chi connectivity index (χ1v) is 6.99. The zero-order valence-electron chi connectivity index (χ0n) is 13.0. The van der Waals surface area contributed by atoms with E-state index in [0.29, 0.717) is 13.1 Å². The van der Waals surface area contributed by atoms with E-state index in [0.717, 1.165) is 5.56 Å². The maximum Gasteiger partial charge on any atom is 0.238 e. The summed E-state index contributed by atoms with van der Waals surface area (Å²) in [6.45, 7) is 9.13. The SMILES string of the molecule is COC(C)(C)CN1C(=O)CNC1c1ccc(C)cc1C. The van der Waals surface area contributed by atoms with Crippen molar-refractivity contribution >= 4 is 5.91 Å². The van der Waals surface area contributed by atoms with Crippen molar-refractivity contribution in [3.8, 4) is 0 Å². The fraction of sp³-hybridized carbons (Fsp3) is 0.562. The lowest BCUT2D eigenvalue weighted by Crippen LogP contribution is -2.43. The molecule has 0 aromatic heterocycles. The zero-order chi connectivity index (χ0) is 14.9. The average Bonchev–Trinajstić information content (AvgIpc) is 2.71. The van der Waals surface area contributed by atoms with Crippen LogP contribution in [0.3, 0.4) is 0 Å². The Labute approximate surface area is 121 Å². The maximum atomic E-state index is 12.1. The molecule has 4 nitrogen and oxygen atoms in total. The van der Waals surface area contributed by atoms with Gasteiger partial charge in [0.2, 0.25) is 5.91 Å². The highest BCUT2D eigenvalue weighted by Gasteiger charge is 2.36. The van der Waals surface area contributed by atoms with Crippen LogP contribution in [-0.4, -0.2) is 36.6 Å². The molecule has 1 fully saturated rings. The first-order valence-electron chi connectivity index (χ1n) is 6.99. The van der Waals surface area contributed by atoms with Crippen LogP contribution in [0.5, 0.6) is 0 Å². The summed E-state index contributed by atoms with van der Waals surface area (Å²) in [5.41, 5.74) is 3.25.